The monoisotopic (exact) mass is 294 g/mol. The van der Waals surface area contributed by atoms with Gasteiger partial charge in [-0.15, -0.1) is 0 Å². The van der Waals surface area contributed by atoms with Crippen molar-refractivity contribution < 1.29 is 4.74 Å². The highest BCUT2D eigenvalue weighted by Crippen LogP contribution is 2.23. The van der Waals surface area contributed by atoms with Gasteiger partial charge in [-0.05, 0) is 24.6 Å². The molecule has 3 rings (SSSR count). The predicted octanol–water partition coefficient (Wildman–Crippen LogP) is 2.70. The molecule has 5 heteroatoms. The van der Waals surface area contributed by atoms with Crippen molar-refractivity contribution in [1.29, 1.82) is 5.41 Å². The average molecular weight is 294 g/mol. The quantitative estimate of drug-likeness (QED) is 0.561. The highest BCUT2D eigenvalue weighted by molar-refractivity contribution is 5.79. The summed E-state index contributed by atoms with van der Waals surface area (Å²) in [6.45, 7) is 2.42. The van der Waals surface area contributed by atoms with Gasteiger partial charge < -0.3 is 14.9 Å². The van der Waals surface area contributed by atoms with Crippen LogP contribution in [0.25, 0.3) is 5.65 Å². The van der Waals surface area contributed by atoms with E-state index in [1.54, 1.807) is 0 Å². The van der Waals surface area contributed by atoms with Crippen molar-refractivity contribution >= 4 is 11.5 Å². The van der Waals surface area contributed by atoms with Gasteiger partial charge in [0.2, 0.25) is 0 Å². The van der Waals surface area contributed by atoms with E-state index in [4.69, 9.17) is 15.9 Å². The van der Waals surface area contributed by atoms with E-state index >= 15 is 0 Å². The molecule has 0 spiro atoms. The van der Waals surface area contributed by atoms with Crippen LogP contribution < -0.4 is 10.5 Å². The SMILES string of the molecule is Cc1nc2c(OCc3ccccc3)cccn2c1CC(=N)N. The zero-order valence-electron chi connectivity index (χ0n) is 12.4. The second-order valence-electron chi connectivity index (χ2n) is 5.19. The fourth-order valence-electron chi connectivity index (χ4n) is 2.45. The Morgan fingerprint density at radius 3 is 2.73 bits per heavy atom. The summed E-state index contributed by atoms with van der Waals surface area (Å²) in [6.07, 6.45) is 2.30. The van der Waals surface area contributed by atoms with Crippen LogP contribution >= 0.6 is 0 Å². The number of pyridine rings is 1. The summed E-state index contributed by atoms with van der Waals surface area (Å²) in [6, 6.07) is 13.8. The standard InChI is InChI=1S/C17H18N4O/c1-12-14(10-16(18)19)21-9-5-8-15(17(21)20-12)22-11-13-6-3-2-4-7-13/h2-9H,10-11H2,1H3,(H3,18,19). The number of aromatic nitrogens is 2. The van der Waals surface area contributed by atoms with Crippen LogP contribution in [0.15, 0.2) is 48.7 Å². The molecule has 0 aliphatic heterocycles. The van der Waals surface area contributed by atoms with E-state index in [9.17, 15) is 0 Å². The second-order valence-corrected chi connectivity index (χ2v) is 5.19. The molecule has 0 aliphatic rings. The van der Waals surface area contributed by atoms with Gasteiger partial charge in [-0.1, -0.05) is 30.3 Å². The summed E-state index contributed by atoms with van der Waals surface area (Å²) < 4.78 is 7.85. The van der Waals surface area contributed by atoms with E-state index in [1.807, 2.05) is 60.0 Å². The number of rotatable bonds is 5. The fourth-order valence-corrected chi connectivity index (χ4v) is 2.45. The number of nitrogens with zero attached hydrogens (tertiary/aromatic N) is 2. The van der Waals surface area contributed by atoms with Gasteiger partial charge in [0.15, 0.2) is 11.4 Å². The molecule has 0 atom stereocenters. The number of benzene rings is 1. The minimum Gasteiger partial charge on any atom is -0.485 e. The number of ether oxygens (including phenoxy) is 1. The summed E-state index contributed by atoms with van der Waals surface area (Å²) in [7, 11) is 0. The molecule has 0 saturated heterocycles. The molecule has 5 nitrogen and oxygen atoms in total. The number of aryl methyl sites for hydroxylation is 1. The average Bonchev–Trinajstić information content (AvgIpc) is 2.82. The van der Waals surface area contributed by atoms with E-state index in [-0.39, 0.29) is 5.84 Å². The maximum absolute atomic E-state index is 7.49. The Morgan fingerprint density at radius 1 is 1.23 bits per heavy atom. The Morgan fingerprint density at radius 2 is 2.00 bits per heavy atom. The number of nitrogens with two attached hydrogens (primary N) is 1. The van der Waals surface area contributed by atoms with Gasteiger partial charge in [-0.2, -0.15) is 0 Å². The number of hydrogen-bond acceptors (Lipinski definition) is 3. The Labute approximate surface area is 128 Å². The minimum atomic E-state index is 0.125. The van der Waals surface area contributed by atoms with Crippen molar-refractivity contribution in [1.82, 2.24) is 9.38 Å². The van der Waals surface area contributed by atoms with Crippen molar-refractivity contribution in [2.75, 3.05) is 0 Å². The number of imidazole rings is 1. The Balaban J connectivity index is 1.92. The molecule has 1 aromatic carbocycles. The van der Waals surface area contributed by atoms with Crippen molar-refractivity contribution in [3.63, 3.8) is 0 Å². The van der Waals surface area contributed by atoms with Crippen LogP contribution in [0.3, 0.4) is 0 Å². The molecule has 0 aliphatic carbocycles. The molecular formula is C17H18N4O. The highest BCUT2D eigenvalue weighted by atomic mass is 16.5. The van der Waals surface area contributed by atoms with Crippen LogP contribution in [0.2, 0.25) is 0 Å². The molecular weight excluding hydrogens is 276 g/mol. The first kappa shape index (κ1) is 14.1. The van der Waals surface area contributed by atoms with Gasteiger partial charge >= 0.3 is 0 Å². The number of amidine groups is 1. The van der Waals surface area contributed by atoms with E-state index in [0.29, 0.717) is 13.0 Å². The summed E-state index contributed by atoms with van der Waals surface area (Å²) in [5.74, 6) is 0.852. The van der Waals surface area contributed by atoms with Crippen LogP contribution in [-0.4, -0.2) is 15.2 Å². The Hall–Kier alpha value is -2.82. The van der Waals surface area contributed by atoms with Crippen LogP contribution in [0.4, 0.5) is 0 Å². The minimum absolute atomic E-state index is 0.125. The lowest BCUT2D eigenvalue weighted by molar-refractivity contribution is 0.308. The number of hydrogen-bond donors (Lipinski definition) is 2. The maximum atomic E-state index is 7.49. The third kappa shape index (κ3) is 2.79. The summed E-state index contributed by atoms with van der Waals surface area (Å²) >= 11 is 0. The van der Waals surface area contributed by atoms with Gasteiger partial charge in [0.05, 0.1) is 17.2 Å². The topological polar surface area (TPSA) is 76.4 Å². The molecule has 0 amide bonds. The summed E-state index contributed by atoms with van der Waals surface area (Å²) in [5, 5.41) is 7.49. The van der Waals surface area contributed by atoms with Crippen LogP contribution in [-0.2, 0) is 13.0 Å². The van der Waals surface area contributed by atoms with Crippen molar-refractivity contribution in [2.45, 2.75) is 20.0 Å². The lowest BCUT2D eigenvalue weighted by Crippen LogP contribution is -2.14. The molecule has 0 saturated carbocycles. The fraction of sp³-hybridized carbons (Fsp3) is 0.176. The maximum Gasteiger partial charge on any atom is 0.180 e. The van der Waals surface area contributed by atoms with Crippen LogP contribution in [0, 0.1) is 12.3 Å². The molecule has 2 aromatic heterocycles. The van der Waals surface area contributed by atoms with E-state index in [1.165, 1.54) is 0 Å². The van der Waals surface area contributed by atoms with Crippen molar-refractivity contribution in [3.05, 3.63) is 65.6 Å². The Bertz CT molecular complexity index is 808. The van der Waals surface area contributed by atoms with E-state index in [0.717, 1.165) is 28.3 Å². The molecule has 3 aromatic rings. The molecule has 0 radical (unpaired) electrons. The van der Waals surface area contributed by atoms with E-state index < -0.39 is 0 Å². The zero-order valence-corrected chi connectivity index (χ0v) is 12.4. The van der Waals surface area contributed by atoms with Gasteiger partial charge in [0.1, 0.15) is 6.61 Å². The normalized spacial score (nSPS) is 10.8. The number of fused-ring (bicyclic) bond motifs is 1. The van der Waals surface area contributed by atoms with E-state index in [2.05, 4.69) is 4.98 Å². The predicted molar refractivity (Wildman–Crippen MR) is 86.3 cm³/mol. The first-order valence-electron chi connectivity index (χ1n) is 7.11. The molecule has 22 heavy (non-hydrogen) atoms. The van der Waals surface area contributed by atoms with Gasteiger partial charge in [0, 0.05) is 12.6 Å². The molecule has 3 N–H and O–H groups in total. The lowest BCUT2D eigenvalue weighted by atomic mass is 10.2. The van der Waals surface area contributed by atoms with Crippen LogP contribution in [0.1, 0.15) is 17.0 Å². The summed E-state index contributed by atoms with van der Waals surface area (Å²) in [5.41, 5.74) is 9.18. The first-order chi connectivity index (χ1) is 10.6. The third-order valence-corrected chi connectivity index (χ3v) is 3.51. The molecule has 2 heterocycles. The first-order valence-corrected chi connectivity index (χ1v) is 7.11. The Kier molecular flexibility index (Phi) is 3.78. The smallest absolute Gasteiger partial charge is 0.180 e. The molecule has 0 fully saturated rings. The van der Waals surface area contributed by atoms with Crippen molar-refractivity contribution in [3.8, 4) is 5.75 Å². The van der Waals surface area contributed by atoms with Gasteiger partial charge in [-0.3, -0.25) is 5.41 Å². The third-order valence-electron chi connectivity index (χ3n) is 3.51. The van der Waals surface area contributed by atoms with Crippen molar-refractivity contribution in [2.24, 2.45) is 5.73 Å². The summed E-state index contributed by atoms with van der Waals surface area (Å²) in [4.78, 5) is 4.56. The second kappa shape index (κ2) is 5.89. The van der Waals surface area contributed by atoms with Gasteiger partial charge in [0.25, 0.3) is 0 Å². The lowest BCUT2D eigenvalue weighted by Gasteiger charge is -2.08. The number of nitrogens with one attached hydrogen (secondary N) is 1. The zero-order chi connectivity index (χ0) is 15.5. The highest BCUT2D eigenvalue weighted by Gasteiger charge is 2.13. The molecule has 112 valence electrons. The van der Waals surface area contributed by atoms with Gasteiger partial charge in [-0.25, -0.2) is 4.98 Å². The largest absolute Gasteiger partial charge is 0.485 e. The molecule has 0 unspecified atom stereocenters. The van der Waals surface area contributed by atoms with Crippen LogP contribution in [0.5, 0.6) is 5.75 Å². The molecule has 0 bridgehead atoms.